The van der Waals surface area contributed by atoms with E-state index < -0.39 is 6.04 Å². The largest absolute Gasteiger partial charge is 0.467 e. The smallest absolute Gasteiger partial charge is 0.329 e. The number of rotatable bonds is 11. The number of methoxy groups -OCH3 is 1. The summed E-state index contributed by atoms with van der Waals surface area (Å²) in [6.07, 6.45) is 11.4. The van der Waals surface area contributed by atoms with Crippen LogP contribution in [0.4, 0.5) is 0 Å². The molecule has 0 saturated heterocycles. The molecule has 5 nitrogen and oxygen atoms in total. The lowest BCUT2D eigenvalue weighted by atomic mass is 9.94. The highest BCUT2D eigenvalue weighted by atomic mass is 32.2. The monoisotopic (exact) mass is 395 g/mol. The number of ketones is 1. The fourth-order valence-electron chi connectivity index (χ4n) is 3.70. The van der Waals surface area contributed by atoms with Crippen LogP contribution in [0.5, 0.6) is 0 Å². The third-order valence-corrected chi connectivity index (χ3v) is 5.82. The van der Waals surface area contributed by atoms with Crippen LogP contribution >= 0.6 is 11.8 Å². The van der Waals surface area contributed by atoms with Crippen LogP contribution in [0.1, 0.15) is 39.5 Å². The molecule has 1 fully saturated rings. The molecule has 1 amide bonds. The lowest BCUT2D eigenvalue weighted by Gasteiger charge is -2.32. The van der Waals surface area contributed by atoms with E-state index in [0.717, 1.165) is 19.3 Å². The van der Waals surface area contributed by atoms with Gasteiger partial charge >= 0.3 is 5.97 Å². The highest BCUT2D eigenvalue weighted by molar-refractivity contribution is 7.98. The zero-order valence-electron chi connectivity index (χ0n) is 17.0. The molecule has 1 aliphatic carbocycles. The van der Waals surface area contributed by atoms with Crippen molar-refractivity contribution in [2.45, 2.75) is 45.6 Å². The van der Waals surface area contributed by atoms with Gasteiger partial charge in [-0.1, -0.05) is 18.2 Å². The van der Waals surface area contributed by atoms with Gasteiger partial charge in [0.25, 0.3) is 0 Å². The topological polar surface area (TPSA) is 63.7 Å². The zero-order valence-corrected chi connectivity index (χ0v) is 17.8. The molecule has 2 unspecified atom stereocenters. The second-order valence-electron chi connectivity index (χ2n) is 7.23. The number of Topliss-reactive ketones (excluding diaryl/α,β-unsaturated/α-hetero) is 1. The van der Waals surface area contributed by atoms with Crippen molar-refractivity contribution in [1.29, 1.82) is 0 Å². The van der Waals surface area contributed by atoms with Crippen molar-refractivity contribution in [1.82, 2.24) is 4.90 Å². The number of ether oxygens (including phenoxy) is 1. The highest BCUT2D eigenvalue weighted by Crippen LogP contribution is 2.39. The number of esters is 1. The van der Waals surface area contributed by atoms with Gasteiger partial charge in [0, 0.05) is 25.6 Å². The predicted molar refractivity (Wildman–Crippen MR) is 111 cm³/mol. The van der Waals surface area contributed by atoms with E-state index in [9.17, 15) is 14.4 Å². The summed E-state index contributed by atoms with van der Waals surface area (Å²) in [7, 11) is 1.36. The molecule has 0 heterocycles. The Labute approximate surface area is 167 Å². The van der Waals surface area contributed by atoms with Crippen LogP contribution in [-0.4, -0.2) is 54.3 Å². The molecule has 1 rings (SSSR count). The van der Waals surface area contributed by atoms with Gasteiger partial charge in [-0.3, -0.25) is 4.79 Å². The van der Waals surface area contributed by atoms with Crippen LogP contribution in [0.15, 0.2) is 24.8 Å². The summed E-state index contributed by atoms with van der Waals surface area (Å²) < 4.78 is 4.92. The van der Waals surface area contributed by atoms with Crippen LogP contribution in [0, 0.1) is 17.8 Å². The quantitative estimate of drug-likeness (QED) is 0.396. The lowest BCUT2D eigenvalue weighted by Crippen LogP contribution is -2.48. The summed E-state index contributed by atoms with van der Waals surface area (Å²) >= 11 is 1.53. The third-order valence-electron chi connectivity index (χ3n) is 5.18. The Kier molecular flexibility index (Phi) is 10.4. The minimum atomic E-state index is -0.562. The summed E-state index contributed by atoms with van der Waals surface area (Å²) in [5.74, 6) is 1.21. The minimum absolute atomic E-state index is 0.110. The fourth-order valence-corrected chi connectivity index (χ4v) is 4.34. The molecule has 0 bridgehead atoms. The van der Waals surface area contributed by atoms with E-state index in [1.807, 2.05) is 12.3 Å². The molecule has 0 N–H and O–H groups in total. The highest BCUT2D eigenvalue weighted by Gasteiger charge is 2.36. The first-order chi connectivity index (χ1) is 12.8. The standard InChI is InChI=1S/C21H33NO4S/c1-6-17-11-18(10-8-7-9-15(2)23)19(12-17)13-22(16(3)24)20(14-27-5)21(25)26-4/h6,8,10,17-20H,1,7,9,11-14H2,2-5H3/b10-8+/t17-,18+,19?,20?/m0/s1. The van der Waals surface area contributed by atoms with Crippen molar-refractivity contribution in [3.63, 3.8) is 0 Å². The van der Waals surface area contributed by atoms with E-state index in [1.165, 1.54) is 25.8 Å². The van der Waals surface area contributed by atoms with Crippen molar-refractivity contribution in [3.8, 4) is 0 Å². The van der Waals surface area contributed by atoms with Crippen molar-refractivity contribution in [3.05, 3.63) is 24.8 Å². The SMILES string of the molecule is C=C[C@@H]1CC(CN(C(C)=O)C(CSC)C(=O)OC)[C@H](/C=C/CCC(C)=O)C1. The van der Waals surface area contributed by atoms with Crippen molar-refractivity contribution >= 4 is 29.4 Å². The molecule has 4 atom stereocenters. The zero-order chi connectivity index (χ0) is 20.4. The average molecular weight is 396 g/mol. The molecule has 0 aliphatic heterocycles. The van der Waals surface area contributed by atoms with Crippen LogP contribution in [0.2, 0.25) is 0 Å². The van der Waals surface area contributed by atoms with Gasteiger partial charge in [-0.2, -0.15) is 11.8 Å². The summed E-state index contributed by atoms with van der Waals surface area (Å²) in [6.45, 7) is 7.56. The van der Waals surface area contributed by atoms with Crippen LogP contribution in [0.3, 0.4) is 0 Å². The molecule has 1 aliphatic rings. The first kappa shape index (κ1) is 23.5. The van der Waals surface area contributed by atoms with E-state index in [2.05, 4.69) is 18.7 Å². The predicted octanol–water partition coefficient (Wildman–Crippen LogP) is 3.49. The Morgan fingerprint density at radius 2 is 2.00 bits per heavy atom. The maximum Gasteiger partial charge on any atom is 0.329 e. The fraction of sp³-hybridized carbons (Fsp3) is 0.667. The Bertz CT molecular complexity index is 560. The van der Waals surface area contributed by atoms with Crippen LogP contribution in [0.25, 0.3) is 0 Å². The van der Waals surface area contributed by atoms with Crippen LogP contribution in [-0.2, 0) is 19.1 Å². The summed E-state index contributed by atoms with van der Waals surface area (Å²) in [5.41, 5.74) is 0. The molecule has 0 aromatic heterocycles. The van der Waals surface area contributed by atoms with Gasteiger partial charge in [0.1, 0.15) is 11.8 Å². The van der Waals surface area contributed by atoms with E-state index in [1.54, 1.807) is 11.8 Å². The number of allylic oxidation sites excluding steroid dienone is 3. The number of nitrogens with zero attached hydrogens (tertiary/aromatic N) is 1. The number of carbonyl (C=O) groups excluding carboxylic acids is 3. The molecule has 0 aromatic carbocycles. The molecule has 152 valence electrons. The number of carbonyl (C=O) groups is 3. The van der Waals surface area contributed by atoms with Gasteiger partial charge in [-0.15, -0.1) is 6.58 Å². The molecule has 0 radical (unpaired) electrons. The van der Waals surface area contributed by atoms with Gasteiger partial charge in [0.05, 0.1) is 7.11 Å². The van der Waals surface area contributed by atoms with Gasteiger partial charge in [0.2, 0.25) is 5.91 Å². The Balaban J connectivity index is 2.91. The van der Waals surface area contributed by atoms with Crippen LogP contribution < -0.4 is 0 Å². The second-order valence-corrected chi connectivity index (χ2v) is 8.14. The van der Waals surface area contributed by atoms with Gasteiger partial charge < -0.3 is 14.4 Å². The van der Waals surface area contributed by atoms with E-state index in [-0.39, 0.29) is 23.6 Å². The Hall–Kier alpha value is -1.56. The lowest BCUT2D eigenvalue weighted by molar-refractivity contribution is -0.151. The van der Waals surface area contributed by atoms with Gasteiger partial charge in [0.15, 0.2) is 0 Å². The normalized spacial score (nSPS) is 23.2. The van der Waals surface area contributed by atoms with E-state index in [4.69, 9.17) is 4.74 Å². The maximum absolute atomic E-state index is 12.3. The Morgan fingerprint density at radius 3 is 2.52 bits per heavy atom. The number of hydrogen-bond donors (Lipinski definition) is 0. The number of amides is 1. The Morgan fingerprint density at radius 1 is 1.30 bits per heavy atom. The third kappa shape index (κ3) is 7.53. The first-order valence-electron chi connectivity index (χ1n) is 9.46. The second kappa shape index (κ2) is 12.0. The van der Waals surface area contributed by atoms with Gasteiger partial charge in [-0.05, 0) is 50.2 Å². The molecule has 27 heavy (non-hydrogen) atoms. The van der Waals surface area contributed by atoms with E-state index in [0.29, 0.717) is 30.6 Å². The molecule has 0 aromatic rings. The molecule has 6 heteroatoms. The molecule has 0 spiro atoms. The first-order valence-corrected chi connectivity index (χ1v) is 10.9. The van der Waals surface area contributed by atoms with Crippen molar-refractivity contribution in [2.24, 2.45) is 17.8 Å². The average Bonchev–Trinajstić information content (AvgIpc) is 3.02. The molecular formula is C21H33NO4S. The minimum Gasteiger partial charge on any atom is -0.467 e. The molecular weight excluding hydrogens is 362 g/mol. The number of thioether (sulfide) groups is 1. The summed E-state index contributed by atoms with van der Waals surface area (Å²) in [4.78, 5) is 37.3. The van der Waals surface area contributed by atoms with Crippen molar-refractivity contribution < 1.29 is 19.1 Å². The van der Waals surface area contributed by atoms with E-state index >= 15 is 0 Å². The molecule has 1 saturated carbocycles. The van der Waals surface area contributed by atoms with Crippen molar-refractivity contribution in [2.75, 3.05) is 25.7 Å². The maximum atomic E-state index is 12.3. The number of hydrogen-bond acceptors (Lipinski definition) is 5. The summed E-state index contributed by atoms with van der Waals surface area (Å²) in [6, 6.07) is -0.562. The summed E-state index contributed by atoms with van der Waals surface area (Å²) in [5, 5.41) is 0. The van der Waals surface area contributed by atoms with Gasteiger partial charge in [-0.25, -0.2) is 4.79 Å².